The van der Waals surface area contributed by atoms with Crippen molar-refractivity contribution >= 4 is 22.5 Å². The first-order valence-corrected chi connectivity index (χ1v) is 6.25. The van der Waals surface area contributed by atoms with Crippen molar-refractivity contribution in [2.75, 3.05) is 5.73 Å². The second-order valence-electron chi connectivity index (χ2n) is 4.62. The van der Waals surface area contributed by atoms with Crippen molar-refractivity contribution in [1.29, 1.82) is 0 Å². The third-order valence-electron chi connectivity index (χ3n) is 3.29. The molecule has 0 aliphatic heterocycles. The summed E-state index contributed by atoms with van der Waals surface area (Å²) in [6.07, 6.45) is 8.08. The summed E-state index contributed by atoms with van der Waals surface area (Å²) >= 11 is 0. The van der Waals surface area contributed by atoms with Gasteiger partial charge < -0.3 is 10.7 Å². The smallest absolute Gasteiger partial charge is 0.201 e. The number of ketones is 1. The molecule has 0 radical (unpaired) electrons. The van der Waals surface area contributed by atoms with Crippen LogP contribution >= 0.6 is 0 Å². The topological polar surface area (TPSA) is 71.8 Å². The Labute approximate surface area is 124 Å². The maximum Gasteiger partial charge on any atom is 0.201 e. The van der Waals surface area contributed by atoms with Gasteiger partial charge in [-0.15, -0.1) is 6.42 Å². The van der Waals surface area contributed by atoms with Crippen LogP contribution in [0.2, 0.25) is 0 Å². The molecular weight excluding hydrogens is 288 g/mol. The number of anilines is 1. The van der Waals surface area contributed by atoms with Gasteiger partial charge in [-0.25, -0.2) is 13.8 Å². The Morgan fingerprint density at radius 2 is 2.14 bits per heavy atom. The molecule has 108 valence electrons. The standard InChI is InChI=1S/C16H9F2N3O/c1-2-8-5-9-10(7-21-16(9)20-6-8)15(22)13-11(17)3-4-12(19)14(13)18/h1,3-7H,19H2,(H,20,21). The molecule has 3 aromatic rings. The molecule has 0 saturated heterocycles. The molecule has 0 spiro atoms. The average molecular weight is 297 g/mol. The highest BCUT2D eigenvalue weighted by Gasteiger charge is 2.23. The number of carbonyl (C=O) groups is 1. The third kappa shape index (κ3) is 2.00. The Morgan fingerprint density at radius 3 is 2.86 bits per heavy atom. The number of halogens is 2. The van der Waals surface area contributed by atoms with Crippen LogP contribution in [0.4, 0.5) is 14.5 Å². The van der Waals surface area contributed by atoms with Gasteiger partial charge in [0.15, 0.2) is 5.82 Å². The number of H-pyrrole nitrogens is 1. The minimum atomic E-state index is -1.08. The van der Waals surface area contributed by atoms with Crippen LogP contribution in [0.5, 0.6) is 0 Å². The fourth-order valence-electron chi connectivity index (χ4n) is 2.18. The van der Waals surface area contributed by atoms with Crippen molar-refractivity contribution in [2.45, 2.75) is 0 Å². The minimum Gasteiger partial charge on any atom is -0.396 e. The summed E-state index contributed by atoms with van der Waals surface area (Å²) in [5.74, 6) is -0.501. The van der Waals surface area contributed by atoms with Crippen LogP contribution in [-0.2, 0) is 0 Å². The fraction of sp³-hybridized carbons (Fsp3) is 0. The van der Waals surface area contributed by atoms with Crippen LogP contribution < -0.4 is 5.73 Å². The molecule has 6 heteroatoms. The van der Waals surface area contributed by atoms with E-state index in [1.165, 1.54) is 12.4 Å². The van der Waals surface area contributed by atoms with Crippen LogP contribution in [0.25, 0.3) is 11.0 Å². The minimum absolute atomic E-state index is 0.0722. The molecule has 0 saturated carbocycles. The molecule has 0 bridgehead atoms. The molecule has 1 aromatic carbocycles. The zero-order valence-electron chi connectivity index (χ0n) is 11.2. The van der Waals surface area contributed by atoms with E-state index in [4.69, 9.17) is 12.2 Å². The van der Waals surface area contributed by atoms with E-state index >= 15 is 0 Å². The molecule has 0 atom stereocenters. The van der Waals surface area contributed by atoms with E-state index in [0.29, 0.717) is 16.6 Å². The van der Waals surface area contributed by atoms with E-state index in [0.717, 1.165) is 12.1 Å². The number of aromatic nitrogens is 2. The number of nitrogens with one attached hydrogen (secondary N) is 1. The number of fused-ring (bicyclic) bond motifs is 1. The lowest BCUT2D eigenvalue weighted by atomic mass is 10.0. The van der Waals surface area contributed by atoms with Gasteiger partial charge in [-0.2, -0.15) is 0 Å². The lowest BCUT2D eigenvalue weighted by molar-refractivity contribution is 0.103. The normalized spacial score (nSPS) is 10.6. The number of nitrogens with zero attached hydrogens (tertiary/aromatic N) is 1. The van der Waals surface area contributed by atoms with Crippen molar-refractivity contribution in [2.24, 2.45) is 0 Å². The molecule has 22 heavy (non-hydrogen) atoms. The lowest BCUT2D eigenvalue weighted by Crippen LogP contribution is -2.09. The molecule has 2 heterocycles. The van der Waals surface area contributed by atoms with Gasteiger partial charge in [0.2, 0.25) is 5.78 Å². The monoisotopic (exact) mass is 297 g/mol. The second-order valence-corrected chi connectivity index (χ2v) is 4.62. The summed E-state index contributed by atoms with van der Waals surface area (Å²) in [5, 5.41) is 0.390. The third-order valence-corrected chi connectivity index (χ3v) is 3.29. The van der Waals surface area contributed by atoms with Crippen LogP contribution in [0.1, 0.15) is 21.5 Å². The van der Waals surface area contributed by atoms with E-state index in [1.54, 1.807) is 6.07 Å². The summed E-state index contributed by atoms with van der Waals surface area (Å²) in [5.41, 5.74) is 5.32. The molecule has 0 fully saturated rings. The molecular formula is C16H9F2N3O. The summed E-state index contributed by atoms with van der Waals surface area (Å²) < 4.78 is 27.9. The lowest BCUT2D eigenvalue weighted by Gasteiger charge is -2.05. The molecule has 0 aliphatic rings. The van der Waals surface area contributed by atoms with E-state index in [-0.39, 0.29) is 11.3 Å². The van der Waals surface area contributed by atoms with Gasteiger partial charge in [0.05, 0.1) is 11.3 Å². The Bertz CT molecular complexity index is 954. The van der Waals surface area contributed by atoms with Crippen LogP contribution in [0, 0.1) is 24.0 Å². The first-order chi connectivity index (χ1) is 10.5. The highest BCUT2D eigenvalue weighted by molar-refractivity contribution is 6.16. The molecule has 3 rings (SSSR count). The first kappa shape index (κ1) is 13.8. The largest absolute Gasteiger partial charge is 0.396 e. The maximum atomic E-state index is 14.0. The number of benzene rings is 1. The summed E-state index contributed by atoms with van der Waals surface area (Å²) in [4.78, 5) is 19.3. The Hall–Kier alpha value is -3.20. The number of hydrogen-bond donors (Lipinski definition) is 2. The molecule has 2 aromatic heterocycles. The van der Waals surface area contributed by atoms with E-state index in [1.807, 2.05) is 0 Å². The number of pyridine rings is 1. The highest BCUT2D eigenvalue weighted by Crippen LogP contribution is 2.25. The summed E-state index contributed by atoms with van der Waals surface area (Å²) in [6.45, 7) is 0. The molecule has 4 nitrogen and oxygen atoms in total. The van der Waals surface area contributed by atoms with Gasteiger partial charge in [-0.3, -0.25) is 4.79 Å². The van der Waals surface area contributed by atoms with Crippen molar-refractivity contribution in [3.8, 4) is 12.3 Å². The van der Waals surface area contributed by atoms with Crippen molar-refractivity contribution in [3.63, 3.8) is 0 Å². The number of nitrogen functional groups attached to an aromatic ring is 1. The maximum absolute atomic E-state index is 14.0. The zero-order chi connectivity index (χ0) is 15.9. The number of nitrogens with two attached hydrogens (primary N) is 1. The average Bonchev–Trinajstić information content (AvgIpc) is 2.94. The van der Waals surface area contributed by atoms with Gasteiger partial charge >= 0.3 is 0 Å². The van der Waals surface area contributed by atoms with Crippen molar-refractivity contribution in [1.82, 2.24) is 9.97 Å². The highest BCUT2D eigenvalue weighted by atomic mass is 19.1. The first-order valence-electron chi connectivity index (χ1n) is 6.25. The van der Waals surface area contributed by atoms with E-state index < -0.39 is 23.0 Å². The Morgan fingerprint density at radius 1 is 1.36 bits per heavy atom. The fourth-order valence-corrected chi connectivity index (χ4v) is 2.18. The predicted molar refractivity (Wildman–Crippen MR) is 78.2 cm³/mol. The molecule has 0 amide bonds. The van der Waals surface area contributed by atoms with Gasteiger partial charge in [0.1, 0.15) is 11.5 Å². The van der Waals surface area contributed by atoms with Gasteiger partial charge in [0.25, 0.3) is 0 Å². The summed E-state index contributed by atoms with van der Waals surface area (Å²) in [7, 11) is 0. The van der Waals surface area contributed by atoms with Crippen molar-refractivity contribution in [3.05, 3.63) is 58.9 Å². The Kier molecular flexibility index (Phi) is 3.11. The molecule has 3 N–H and O–H groups in total. The number of aromatic amines is 1. The van der Waals surface area contributed by atoms with E-state index in [2.05, 4.69) is 15.9 Å². The van der Waals surface area contributed by atoms with Gasteiger partial charge in [-0.1, -0.05) is 5.92 Å². The Balaban J connectivity index is 2.22. The van der Waals surface area contributed by atoms with Crippen LogP contribution in [0.3, 0.4) is 0 Å². The van der Waals surface area contributed by atoms with E-state index in [9.17, 15) is 13.6 Å². The molecule has 0 aliphatic carbocycles. The number of rotatable bonds is 2. The quantitative estimate of drug-likeness (QED) is 0.434. The SMILES string of the molecule is C#Cc1cnc2[nH]cc(C(=O)c3c(F)ccc(N)c3F)c2c1. The predicted octanol–water partition coefficient (Wildman–Crippen LogP) is 2.64. The second kappa shape index (κ2) is 4.97. The van der Waals surface area contributed by atoms with Crippen molar-refractivity contribution < 1.29 is 13.6 Å². The zero-order valence-corrected chi connectivity index (χ0v) is 11.2. The number of carbonyl (C=O) groups excluding carboxylic acids is 1. The van der Waals surface area contributed by atoms with Crippen LogP contribution in [-0.4, -0.2) is 15.8 Å². The molecule has 0 unspecified atom stereocenters. The number of terminal acetylenes is 1. The van der Waals surface area contributed by atoms with Gasteiger partial charge in [0, 0.05) is 28.9 Å². The van der Waals surface area contributed by atoms with Gasteiger partial charge in [-0.05, 0) is 18.2 Å². The summed E-state index contributed by atoms with van der Waals surface area (Å²) in [6, 6.07) is 3.56. The number of hydrogen-bond acceptors (Lipinski definition) is 3. The van der Waals surface area contributed by atoms with Crippen LogP contribution in [0.15, 0.2) is 30.6 Å².